The molecule has 0 radical (unpaired) electrons. The van der Waals surface area contributed by atoms with Gasteiger partial charge in [0.25, 0.3) is 0 Å². The van der Waals surface area contributed by atoms with Gasteiger partial charge in [0.05, 0.1) is 5.92 Å². The van der Waals surface area contributed by atoms with Crippen LogP contribution in [0.1, 0.15) is 45.4 Å². The van der Waals surface area contributed by atoms with Gasteiger partial charge in [-0.05, 0) is 38.0 Å². The summed E-state index contributed by atoms with van der Waals surface area (Å²) in [6.07, 6.45) is 11.4. The molecule has 0 aromatic heterocycles. The van der Waals surface area contributed by atoms with Crippen LogP contribution in [0.15, 0.2) is 12.2 Å². The predicted octanol–water partition coefficient (Wildman–Crippen LogP) is 2.92. The van der Waals surface area contributed by atoms with Gasteiger partial charge in [-0.25, -0.2) is 0 Å². The van der Waals surface area contributed by atoms with E-state index in [4.69, 9.17) is 4.84 Å². The number of allylic oxidation sites excluding steroid dienone is 2. The van der Waals surface area contributed by atoms with Crippen LogP contribution in [0.2, 0.25) is 0 Å². The van der Waals surface area contributed by atoms with Gasteiger partial charge in [0.2, 0.25) is 0 Å². The molecule has 0 aromatic carbocycles. The maximum atomic E-state index is 12.4. The second-order valence-corrected chi connectivity index (χ2v) is 6.10. The van der Waals surface area contributed by atoms with Crippen molar-refractivity contribution in [2.24, 2.45) is 17.3 Å². The molecule has 0 spiro atoms. The number of carbonyl (C=O) groups excluding carboxylic acids is 1. The number of rotatable bonds is 3. The standard InChI is InChI=1S/C15H23NO2/c1-2-15-7-6-12(11-15)10-13(15)14(17)18-16-8-4-3-5-9-16/h6-7,12-13H,2-5,8-11H2,1H3. The van der Waals surface area contributed by atoms with E-state index < -0.39 is 0 Å². The zero-order valence-electron chi connectivity index (χ0n) is 11.2. The van der Waals surface area contributed by atoms with Crippen molar-refractivity contribution in [2.75, 3.05) is 13.1 Å². The van der Waals surface area contributed by atoms with Gasteiger partial charge in [-0.15, -0.1) is 5.06 Å². The fraction of sp³-hybridized carbons (Fsp3) is 0.800. The molecule has 0 N–H and O–H groups in total. The molecule has 1 saturated heterocycles. The SMILES string of the molecule is CCC12C=CC(CC1C(=O)ON1CCCCC1)C2. The van der Waals surface area contributed by atoms with Gasteiger partial charge in [0.1, 0.15) is 0 Å². The first-order chi connectivity index (χ1) is 8.73. The van der Waals surface area contributed by atoms with Gasteiger partial charge < -0.3 is 4.84 Å². The zero-order valence-corrected chi connectivity index (χ0v) is 11.2. The van der Waals surface area contributed by atoms with Crippen molar-refractivity contribution in [3.05, 3.63) is 12.2 Å². The van der Waals surface area contributed by atoms with Gasteiger partial charge in [-0.1, -0.05) is 25.5 Å². The van der Waals surface area contributed by atoms with Gasteiger partial charge >= 0.3 is 5.97 Å². The predicted molar refractivity (Wildman–Crippen MR) is 69.6 cm³/mol. The third kappa shape index (κ3) is 1.99. The Morgan fingerprint density at radius 2 is 2.17 bits per heavy atom. The molecule has 3 aliphatic rings. The van der Waals surface area contributed by atoms with Crippen LogP contribution < -0.4 is 0 Å². The van der Waals surface area contributed by atoms with Crippen LogP contribution in [-0.4, -0.2) is 24.1 Å². The minimum atomic E-state index is 0.0191. The number of hydroxylamine groups is 2. The molecule has 2 aliphatic carbocycles. The van der Waals surface area contributed by atoms with Crippen molar-refractivity contribution in [3.63, 3.8) is 0 Å². The fourth-order valence-electron chi connectivity index (χ4n) is 3.90. The third-order valence-corrected chi connectivity index (χ3v) is 5.05. The molecule has 3 heteroatoms. The molecule has 3 atom stereocenters. The molecule has 2 fully saturated rings. The van der Waals surface area contributed by atoms with E-state index in [-0.39, 0.29) is 17.3 Å². The van der Waals surface area contributed by atoms with Gasteiger partial charge in [0, 0.05) is 18.5 Å². The van der Waals surface area contributed by atoms with Crippen molar-refractivity contribution in [1.82, 2.24) is 5.06 Å². The molecule has 3 unspecified atom stereocenters. The van der Waals surface area contributed by atoms with Crippen LogP contribution in [0.5, 0.6) is 0 Å². The summed E-state index contributed by atoms with van der Waals surface area (Å²) in [4.78, 5) is 18.0. The van der Waals surface area contributed by atoms with Crippen molar-refractivity contribution in [2.45, 2.75) is 45.4 Å². The molecule has 3 rings (SSSR count). The smallest absolute Gasteiger partial charge is 0.328 e. The number of piperidine rings is 1. The first-order valence-electron chi connectivity index (χ1n) is 7.39. The van der Waals surface area contributed by atoms with Crippen molar-refractivity contribution in [1.29, 1.82) is 0 Å². The summed E-state index contributed by atoms with van der Waals surface area (Å²) in [5.41, 5.74) is 0.109. The lowest BCUT2D eigenvalue weighted by molar-refractivity contribution is -0.202. The Morgan fingerprint density at radius 1 is 1.39 bits per heavy atom. The molecule has 0 amide bonds. The fourth-order valence-corrected chi connectivity index (χ4v) is 3.90. The maximum absolute atomic E-state index is 12.4. The van der Waals surface area contributed by atoms with E-state index >= 15 is 0 Å². The van der Waals surface area contributed by atoms with Crippen LogP contribution in [0.4, 0.5) is 0 Å². The highest BCUT2D eigenvalue weighted by Crippen LogP contribution is 2.55. The van der Waals surface area contributed by atoms with Gasteiger partial charge in [-0.3, -0.25) is 4.79 Å². The molecule has 1 heterocycles. The monoisotopic (exact) mass is 249 g/mol. The van der Waals surface area contributed by atoms with Gasteiger partial charge in [0.15, 0.2) is 0 Å². The molecular weight excluding hydrogens is 226 g/mol. The summed E-state index contributed by atoms with van der Waals surface area (Å²) in [7, 11) is 0. The summed E-state index contributed by atoms with van der Waals surface area (Å²) in [6, 6.07) is 0. The van der Waals surface area contributed by atoms with Crippen LogP contribution >= 0.6 is 0 Å². The molecule has 2 bridgehead atoms. The van der Waals surface area contributed by atoms with Crippen molar-refractivity contribution >= 4 is 5.97 Å². The first-order valence-corrected chi connectivity index (χ1v) is 7.39. The van der Waals surface area contributed by atoms with Crippen LogP contribution in [0.25, 0.3) is 0 Å². The van der Waals surface area contributed by atoms with Crippen LogP contribution in [0.3, 0.4) is 0 Å². The summed E-state index contributed by atoms with van der Waals surface area (Å²) in [5.74, 6) is 0.730. The zero-order chi connectivity index (χ0) is 12.6. The van der Waals surface area contributed by atoms with Crippen LogP contribution in [0, 0.1) is 17.3 Å². The number of nitrogens with zero attached hydrogens (tertiary/aromatic N) is 1. The van der Waals surface area contributed by atoms with E-state index in [0.717, 1.165) is 45.2 Å². The first kappa shape index (κ1) is 12.2. The van der Waals surface area contributed by atoms with Gasteiger partial charge in [-0.2, -0.15) is 0 Å². The van der Waals surface area contributed by atoms with Crippen molar-refractivity contribution < 1.29 is 9.63 Å². The topological polar surface area (TPSA) is 29.5 Å². The molecule has 1 saturated carbocycles. The molecular formula is C15H23NO2. The Kier molecular flexibility index (Phi) is 3.18. The number of carbonyl (C=O) groups is 1. The van der Waals surface area contributed by atoms with Crippen LogP contribution in [-0.2, 0) is 9.63 Å². The minimum absolute atomic E-state index is 0.0191. The van der Waals surface area contributed by atoms with E-state index in [0.29, 0.717) is 5.92 Å². The Bertz CT molecular complexity index is 360. The summed E-state index contributed by atoms with van der Waals surface area (Å²) in [5, 5.41) is 1.88. The Morgan fingerprint density at radius 3 is 2.83 bits per heavy atom. The normalized spacial score (nSPS) is 39.2. The van der Waals surface area contributed by atoms with E-state index in [9.17, 15) is 4.79 Å². The second-order valence-electron chi connectivity index (χ2n) is 6.10. The van der Waals surface area contributed by atoms with E-state index in [1.165, 1.54) is 6.42 Å². The van der Waals surface area contributed by atoms with E-state index in [1.54, 1.807) is 0 Å². The highest BCUT2D eigenvalue weighted by atomic mass is 16.7. The molecule has 1 aliphatic heterocycles. The summed E-state index contributed by atoms with van der Waals surface area (Å²) < 4.78 is 0. The minimum Gasteiger partial charge on any atom is -0.368 e. The number of fused-ring (bicyclic) bond motifs is 2. The number of hydrogen-bond donors (Lipinski definition) is 0. The maximum Gasteiger partial charge on any atom is 0.328 e. The molecule has 0 aromatic rings. The number of hydrogen-bond acceptors (Lipinski definition) is 3. The Balaban J connectivity index is 1.64. The molecule has 100 valence electrons. The highest BCUT2D eigenvalue weighted by molar-refractivity contribution is 5.74. The largest absolute Gasteiger partial charge is 0.368 e. The average molecular weight is 249 g/mol. The molecule has 3 nitrogen and oxygen atoms in total. The lowest BCUT2D eigenvalue weighted by atomic mass is 9.76. The van der Waals surface area contributed by atoms with E-state index in [2.05, 4.69) is 19.1 Å². The lowest BCUT2D eigenvalue weighted by Gasteiger charge is -2.32. The quantitative estimate of drug-likeness (QED) is 0.720. The van der Waals surface area contributed by atoms with E-state index in [1.807, 2.05) is 5.06 Å². The lowest BCUT2D eigenvalue weighted by Crippen LogP contribution is -2.38. The highest BCUT2D eigenvalue weighted by Gasteiger charge is 2.51. The summed E-state index contributed by atoms with van der Waals surface area (Å²) in [6.45, 7) is 4.02. The Labute approximate surface area is 109 Å². The summed E-state index contributed by atoms with van der Waals surface area (Å²) >= 11 is 0. The second kappa shape index (κ2) is 4.69. The average Bonchev–Trinajstić information content (AvgIpc) is 2.98. The molecule has 18 heavy (non-hydrogen) atoms. The third-order valence-electron chi connectivity index (χ3n) is 5.05. The Hall–Kier alpha value is -0.830. The van der Waals surface area contributed by atoms with Crippen molar-refractivity contribution in [3.8, 4) is 0 Å².